The topological polar surface area (TPSA) is 29.1 Å². The number of hydrogen-bond acceptors (Lipinski definition) is 1. The van der Waals surface area contributed by atoms with E-state index < -0.39 is 0 Å². The van der Waals surface area contributed by atoms with Crippen LogP contribution in [0.3, 0.4) is 0 Å². The van der Waals surface area contributed by atoms with Crippen LogP contribution in [0, 0.1) is 17.3 Å². The number of amides is 1. The maximum Gasteiger partial charge on any atom is 0.228 e. The highest BCUT2D eigenvalue weighted by Crippen LogP contribution is 2.66. The second kappa shape index (κ2) is 4.52. The van der Waals surface area contributed by atoms with Gasteiger partial charge in [-0.2, -0.15) is 0 Å². The van der Waals surface area contributed by atoms with Crippen LogP contribution >= 0.6 is 31.9 Å². The third kappa shape index (κ3) is 2.44. The van der Waals surface area contributed by atoms with Crippen LogP contribution in [-0.4, -0.2) is 15.2 Å². The van der Waals surface area contributed by atoms with Crippen molar-refractivity contribution in [3.05, 3.63) is 0 Å². The van der Waals surface area contributed by atoms with Crippen LogP contribution < -0.4 is 5.32 Å². The van der Waals surface area contributed by atoms with Gasteiger partial charge in [0.15, 0.2) is 0 Å². The van der Waals surface area contributed by atoms with Gasteiger partial charge in [0, 0.05) is 6.04 Å². The van der Waals surface area contributed by atoms with Crippen molar-refractivity contribution >= 4 is 37.8 Å². The molecule has 4 atom stereocenters. The van der Waals surface area contributed by atoms with Crippen LogP contribution in [0.1, 0.15) is 46.5 Å². The van der Waals surface area contributed by atoms with Crippen molar-refractivity contribution in [1.82, 2.24) is 5.32 Å². The molecule has 2 aliphatic rings. The number of nitrogens with one attached hydrogen (secondary N) is 1. The van der Waals surface area contributed by atoms with Crippen LogP contribution in [0.5, 0.6) is 0 Å². The van der Waals surface area contributed by atoms with E-state index in [1.807, 2.05) is 6.92 Å². The summed E-state index contributed by atoms with van der Waals surface area (Å²) in [6, 6.07) is 0.361. The molecule has 2 fully saturated rings. The molecule has 0 aromatic rings. The van der Waals surface area contributed by atoms with E-state index in [0.717, 1.165) is 18.8 Å². The summed E-state index contributed by atoms with van der Waals surface area (Å²) in [5.41, 5.74) is -0.284. The molecule has 0 heterocycles. The van der Waals surface area contributed by atoms with Gasteiger partial charge < -0.3 is 5.32 Å². The minimum absolute atomic E-state index is 0.180. The smallest absolute Gasteiger partial charge is 0.228 e. The Morgan fingerprint density at radius 2 is 1.88 bits per heavy atom. The van der Waals surface area contributed by atoms with Crippen molar-refractivity contribution in [3.8, 4) is 0 Å². The monoisotopic (exact) mass is 365 g/mol. The van der Waals surface area contributed by atoms with E-state index in [1.54, 1.807) is 0 Å². The first-order valence-corrected chi connectivity index (χ1v) is 8.05. The Labute approximate surface area is 121 Å². The highest BCUT2D eigenvalue weighted by molar-refractivity contribution is 9.25. The summed E-state index contributed by atoms with van der Waals surface area (Å²) in [4.78, 5) is 12.3. The molecule has 2 aliphatic carbocycles. The summed E-state index contributed by atoms with van der Waals surface area (Å²) >= 11 is 7.11. The van der Waals surface area contributed by atoms with Gasteiger partial charge in [0.05, 0.1) is 8.65 Å². The van der Waals surface area contributed by atoms with Crippen LogP contribution in [0.15, 0.2) is 0 Å². The molecular weight excluding hydrogens is 346 g/mol. The van der Waals surface area contributed by atoms with Gasteiger partial charge in [0.2, 0.25) is 5.91 Å². The fourth-order valence-electron chi connectivity index (χ4n) is 2.76. The van der Waals surface area contributed by atoms with Gasteiger partial charge in [-0.1, -0.05) is 58.5 Å². The zero-order valence-electron chi connectivity index (χ0n) is 10.7. The molecule has 0 unspecified atom stereocenters. The minimum Gasteiger partial charge on any atom is -0.353 e. The number of rotatable bonds is 2. The number of carbonyl (C=O) groups is 1. The fourth-order valence-corrected chi connectivity index (χ4v) is 4.24. The molecule has 0 saturated heterocycles. The molecule has 4 heteroatoms. The van der Waals surface area contributed by atoms with Gasteiger partial charge in [-0.25, -0.2) is 0 Å². The number of halogens is 2. The Morgan fingerprint density at radius 1 is 1.29 bits per heavy atom. The van der Waals surface area contributed by atoms with E-state index >= 15 is 0 Å². The van der Waals surface area contributed by atoms with Gasteiger partial charge in [-0.15, -0.1) is 0 Å². The molecule has 2 saturated carbocycles. The number of hydrogen-bond donors (Lipinski definition) is 1. The lowest BCUT2D eigenvalue weighted by molar-refractivity contribution is -0.127. The van der Waals surface area contributed by atoms with E-state index in [4.69, 9.17) is 0 Å². The molecule has 0 aromatic heterocycles. The van der Waals surface area contributed by atoms with E-state index in [0.29, 0.717) is 12.0 Å². The maximum atomic E-state index is 12.3. The van der Waals surface area contributed by atoms with Crippen molar-refractivity contribution in [2.45, 2.75) is 55.7 Å². The first-order valence-electron chi connectivity index (χ1n) is 6.47. The predicted molar refractivity (Wildman–Crippen MR) is 77.4 cm³/mol. The van der Waals surface area contributed by atoms with Crippen molar-refractivity contribution in [2.75, 3.05) is 0 Å². The van der Waals surface area contributed by atoms with E-state index in [9.17, 15) is 4.79 Å². The molecule has 0 bridgehead atoms. The Balaban J connectivity index is 1.95. The van der Waals surface area contributed by atoms with Gasteiger partial charge in [0.1, 0.15) is 0 Å². The van der Waals surface area contributed by atoms with E-state index in [2.05, 4.69) is 51.0 Å². The summed E-state index contributed by atoms with van der Waals surface area (Å²) < 4.78 is -0.180. The van der Waals surface area contributed by atoms with Crippen molar-refractivity contribution < 1.29 is 4.79 Å². The molecule has 98 valence electrons. The van der Waals surface area contributed by atoms with Crippen molar-refractivity contribution in [3.63, 3.8) is 0 Å². The highest BCUT2D eigenvalue weighted by Gasteiger charge is 2.66. The largest absolute Gasteiger partial charge is 0.353 e. The lowest BCUT2D eigenvalue weighted by Crippen LogP contribution is -2.46. The van der Waals surface area contributed by atoms with E-state index in [1.165, 1.54) is 12.8 Å². The summed E-state index contributed by atoms with van der Waals surface area (Å²) in [5.74, 6) is 1.51. The predicted octanol–water partition coefficient (Wildman–Crippen LogP) is 3.82. The second-order valence-corrected chi connectivity index (χ2v) is 9.83. The van der Waals surface area contributed by atoms with Gasteiger partial charge in [0.25, 0.3) is 0 Å². The van der Waals surface area contributed by atoms with Crippen molar-refractivity contribution in [2.24, 2.45) is 17.3 Å². The standard InChI is InChI=1S/C13H21Br2NO/c1-8-5-4-6-10(9(8)2)16-11(17)12(3)7-13(12,14)15/h8-10H,4-7H2,1-3H3,(H,16,17)/t8-,9-,10+,12+/m1/s1. The second-order valence-electron chi connectivity index (χ2n) is 6.06. The van der Waals surface area contributed by atoms with Gasteiger partial charge >= 0.3 is 0 Å². The Hall–Kier alpha value is 0.430. The zero-order valence-corrected chi connectivity index (χ0v) is 13.9. The number of carbonyl (C=O) groups excluding carboxylic acids is 1. The zero-order chi connectivity index (χ0) is 12.8. The van der Waals surface area contributed by atoms with Crippen LogP contribution in [0.2, 0.25) is 0 Å². The molecule has 1 amide bonds. The van der Waals surface area contributed by atoms with Crippen LogP contribution in [0.4, 0.5) is 0 Å². The summed E-state index contributed by atoms with van der Waals surface area (Å²) in [5, 5.41) is 3.26. The van der Waals surface area contributed by atoms with Crippen LogP contribution in [0.25, 0.3) is 0 Å². The third-order valence-electron chi connectivity index (χ3n) is 4.78. The highest BCUT2D eigenvalue weighted by atomic mass is 79.9. The fraction of sp³-hybridized carbons (Fsp3) is 0.923. The van der Waals surface area contributed by atoms with E-state index in [-0.39, 0.29) is 14.6 Å². The summed E-state index contributed by atoms with van der Waals surface area (Å²) in [7, 11) is 0. The maximum absolute atomic E-state index is 12.3. The summed E-state index contributed by atoms with van der Waals surface area (Å²) in [6.45, 7) is 6.57. The molecule has 0 aromatic carbocycles. The van der Waals surface area contributed by atoms with Crippen molar-refractivity contribution in [1.29, 1.82) is 0 Å². The molecule has 0 radical (unpaired) electrons. The molecule has 17 heavy (non-hydrogen) atoms. The lowest BCUT2D eigenvalue weighted by Gasteiger charge is -2.35. The quantitative estimate of drug-likeness (QED) is 0.739. The molecule has 2 nitrogen and oxygen atoms in total. The first kappa shape index (κ1) is 13.9. The summed E-state index contributed by atoms with van der Waals surface area (Å²) in [6.07, 6.45) is 4.53. The SMILES string of the molecule is C[C@@H]1[C@H](C)CCC[C@@H]1NC(=O)[C@]1(C)CC1(Br)Br. The average molecular weight is 367 g/mol. The van der Waals surface area contributed by atoms with Crippen LogP contribution in [-0.2, 0) is 4.79 Å². The molecule has 0 aliphatic heterocycles. The molecule has 1 N–H and O–H groups in total. The minimum atomic E-state index is -0.284. The Bertz CT molecular complexity index is 331. The normalized spacial score (nSPS) is 44.2. The molecular formula is C13H21Br2NO. The molecule has 0 spiro atoms. The Kier molecular flexibility index (Phi) is 3.68. The van der Waals surface area contributed by atoms with Gasteiger partial charge in [-0.05, 0) is 31.6 Å². The number of alkyl halides is 2. The van der Waals surface area contributed by atoms with Gasteiger partial charge in [-0.3, -0.25) is 4.79 Å². The average Bonchev–Trinajstić information content (AvgIpc) is 2.75. The molecule has 2 rings (SSSR count). The Morgan fingerprint density at radius 3 is 2.41 bits per heavy atom. The first-order chi connectivity index (χ1) is 7.78. The lowest BCUT2D eigenvalue weighted by atomic mass is 9.78. The third-order valence-corrected chi connectivity index (χ3v) is 7.09.